The molecule has 3 aromatic rings. The molecule has 0 aliphatic heterocycles. The van der Waals surface area contributed by atoms with Crippen molar-refractivity contribution in [1.82, 2.24) is 9.46 Å². The van der Waals surface area contributed by atoms with Crippen molar-refractivity contribution in [2.75, 3.05) is 12.4 Å². The number of hydrogen-bond donors (Lipinski definition) is 1. The Morgan fingerprint density at radius 2 is 1.83 bits per heavy atom. The topological polar surface area (TPSA) is 92.5 Å². The third-order valence-electron chi connectivity index (χ3n) is 4.91. The Hall–Kier alpha value is -2.97. The quantitative estimate of drug-likeness (QED) is 0.610. The van der Waals surface area contributed by atoms with Crippen LogP contribution in [0.15, 0.2) is 64.0 Å². The molecule has 0 spiro atoms. The maximum Gasteiger partial charge on any atom is 0.258 e. The molecular formula is C22H25N3O4S. The Morgan fingerprint density at radius 1 is 1.13 bits per heavy atom. The van der Waals surface area contributed by atoms with Crippen molar-refractivity contribution in [2.45, 2.75) is 38.1 Å². The molecule has 1 N–H and O–H groups in total. The predicted molar refractivity (Wildman–Crippen MR) is 116 cm³/mol. The molecule has 0 saturated carbocycles. The van der Waals surface area contributed by atoms with Crippen molar-refractivity contribution in [3.05, 3.63) is 65.7 Å². The first-order valence-electron chi connectivity index (χ1n) is 9.68. The summed E-state index contributed by atoms with van der Waals surface area (Å²) in [4.78, 5) is 12.7. The number of amides is 1. The lowest BCUT2D eigenvalue weighted by Gasteiger charge is -2.21. The number of aryl methyl sites for hydroxylation is 1. The number of aromatic nitrogens is 1. The van der Waals surface area contributed by atoms with Gasteiger partial charge in [-0.1, -0.05) is 42.4 Å². The van der Waals surface area contributed by atoms with E-state index in [-0.39, 0.29) is 22.4 Å². The Bertz CT molecular complexity index is 1140. The van der Waals surface area contributed by atoms with Gasteiger partial charge in [-0.25, -0.2) is 8.42 Å². The number of carbonyl (C=O) groups is 1. The average Bonchev–Trinajstić information content (AvgIpc) is 3.21. The zero-order valence-electron chi connectivity index (χ0n) is 17.4. The van der Waals surface area contributed by atoms with Crippen LogP contribution < -0.4 is 5.32 Å². The number of rotatable bonds is 7. The number of hydrogen-bond acceptors (Lipinski definition) is 5. The molecule has 1 aromatic heterocycles. The molecule has 0 bridgehead atoms. The second-order valence-electron chi connectivity index (χ2n) is 7.22. The van der Waals surface area contributed by atoms with Gasteiger partial charge < -0.3 is 4.52 Å². The van der Waals surface area contributed by atoms with Crippen LogP contribution >= 0.6 is 0 Å². The molecule has 0 aliphatic rings. The molecule has 8 heteroatoms. The van der Waals surface area contributed by atoms with Crippen molar-refractivity contribution in [3.8, 4) is 11.3 Å². The van der Waals surface area contributed by atoms with Gasteiger partial charge in [0.25, 0.3) is 5.91 Å². The van der Waals surface area contributed by atoms with E-state index in [0.717, 1.165) is 12.0 Å². The first-order chi connectivity index (χ1) is 14.2. The molecule has 30 heavy (non-hydrogen) atoms. The lowest BCUT2D eigenvalue weighted by molar-refractivity contribution is 0.102. The van der Waals surface area contributed by atoms with E-state index >= 15 is 0 Å². The zero-order valence-corrected chi connectivity index (χ0v) is 18.2. The molecule has 0 radical (unpaired) electrons. The van der Waals surface area contributed by atoms with Crippen molar-refractivity contribution in [1.29, 1.82) is 0 Å². The highest BCUT2D eigenvalue weighted by molar-refractivity contribution is 7.89. The van der Waals surface area contributed by atoms with Gasteiger partial charge in [-0.2, -0.15) is 4.31 Å². The van der Waals surface area contributed by atoms with Crippen molar-refractivity contribution >= 4 is 21.8 Å². The number of sulfonamides is 1. The second-order valence-corrected chi connectivity index (χ2v) is 9.22. The smallest absolute Gasteiger partial charge is 0.258 e. The monoisotopic (exact) mass is 427 g/mol. The SMILES string of the molecule is CCc1ccc(-c2cc(NC(=O)c3cccc(S(=O)(=O)N(C)C(C)C)c3)on2)cc1. The summed E-state index contributed by atoms with van der Waals surface area (Å²) < 4.78 is 31.8. The number of benzene rings is 2. The maximum absolute atomic E-state index is 12.7. The average molecular weight is 428 g/mol. The van der Waals surface area contributed by atoms with Crippen LogP contribution in [0.2, 0.25) is 0 Å². The Morgan fingerprint density at radius 3 is 2.47 bits per heavy atom. The van der Waals surface area contributed by atoms with Crippen molar-refractivity contribution in [3.63, 3.8) is 0 Å². The summed E-state index contributed by atoms with van der Waals surface area (Å²) in [6.45, 7) is 5.65. The van der Waals surface area contributed by atoms with Gasteiger partial charge in [0.1, 0.15) is 5.69 Å². The summed E-state index contributed by atoms with van der Waals surface area (Å²) in [5.41, 5.74) is 2.90. The van der Waals surface area contributed by atoms with Crippen LogP contribution in [-0.4, -0.2) is 36.9 Å². The summed E-state index contributed by atoms with van der Waals surface area (Å²) in [6, 6.07) is 15.3. The summed E-state index contributed by atoms with van der Waals surface area (Å²) in [6.07, 6.45) is 0.947. The van der Waals surface area contributed by atoms with E-state index in [1.807, 2.05) is 24.3 Å². The van der Waals surface area contributed by atoms with Crippen LogP contribution in [-0.2, 0) is 16.4 Å². The van der Waals surface area contributed by atoms with Crippen LogP contribution in [0.5, 0.6) is 0 Å². The number of carbonyl (C=O) groups excluding carboxylic acids is 1. The molecule has 0 saturated heterocycles. The summed E-state index contributed by atoms with van der Waals surface area (Å²) in [5.74, 6) is -0.301. The van der Waals surface area contributed by atoms with E-state index in [1.54, 1.807) is 26.0 Å². The van der Waals surface area contributed by atoms with E-state index in [2.05, 4.69) is 17.4 Å². The van der Waals surface area contributed by atoms with E-state index < -0.39 is 15.9 Å². The molecule has 0 fully saturated rings. The van der Waals surface area contributed by atoms with Gasteiger partial charge >= 0.3 is 0 Å². The van der Waals surface area contributed by atoms with Gasteiger partial charge in [-0.3, -0.25) is 10.1 Å². The molecule has 3 rings (SSSR count). The fourth-order valence-corrected chi connectivity index (χ4v) is 4.22. The summed E-state index contributed by atoms with van der Waals surface area (Å²) >= 11 is 0. The molecule has 158 valence electrons. The largest absolute Gasteiger partial charge is 0.338 e. The molecular weight excluding hydrogens is 402 g/mol. The zero-order chi connectivity index (χ0) is 21.9. The fourth-order valence-electron chi connectivity index (χ4n) is 2.81. The molecule has 0 atom stereocenters. The molecule has 2 aromatic carbocycles. The summed E-state index contributed by atoms with van der Waals surface area (Å²) in [5, 5.41) is 6.62. The normalized spacial score (nSPS) is 11.8. The molecule has 0 aliphatic carbocycles. The molecule has 7 nitrogen and oxygen atoms in total. The van der Waals surface area contributed by atoms with E-state index in [1.165, 1.54) is 35.1 Å². The molecule has 0 unspecified atom stereocenters. The molecule has 1 amide bonds. The minimum atomic E-state index is -3.69. The minimum absolute atomic E-state index is 0.0561. The van der Waals surface area contributed by atoms with Crippen LogP contribution in [0, 0.1) is 0 Å². The third-order valence-corrected chi connectivity index (χ3v) is 6.93. The lowest BCUT2D eigenvalue weighted by atomic mass is 10.1. The van der Waals surface area contributed by atoms with Crippen LogP contribution in [0.3, 0.4) is 0 Å². The predicted octanol–water partition coefficient (Wildman–Crippen LogP) is 4.19. The van der Waals surface area contributed by atoms with Gasteiger partial charge in [0.15, 0.2) is 0 Å². The number of nitrogens with zero attached hydrogens (tertiary/aromatic N) is 2. The lowest BCUT2D eigenvalue weighted by Crippen LogP contribution is -2.33. The number of anilines is 1. The maximum atomic E-state index is 12.7. The standard InChI is InChI=1S/C22H25N3O4S/c1-5-16-9-11-17(12-10-16)20-14-21(29-24-20)23-22(26)18-7-6-8-19(13-18)30(27,28)25(4)15(2)3/h6-15H,5H2,1-4H3,(H,23,26). The Balaban J connectivity index is 1.78. The first kappa shape index (κ1) is 21.7. The van der Waals surface area contributed by atoms with E-state index in [9.17, 15) is 13.2 Å². The highest BCUT2D eigenvalue weighted by Gasteiger charge is 2.24. The van der Waals surface area contributed by atoms with E-state index in [0.29, 0.717) is 5.69 Å². The first-order valence-corrected chi connectivity index (χ1v) is 11.1. The van der Waals surface area contributed by atoms with Gasteiger partial charge in [0, 0.05) is 30.3 Å². The van der Waals surface area contributed by atoms with Crippen LogP contribution in [0.4, 0.5) is 5.88 Å². The second kappa shape index (κ2) is 8.81. The minimum Gasteiger partial charge on any atom is -0.338 e. The van der Waals surface area contributed by atoms with Crippen LogP contribution in [0.1, 0.15) is 36.7 Å². The highest BCUT2D eigenvalue weighted by Crippen LogP contribution is 2.23. The van der Waals surface area contributed by atoms with Gasteiger partial charge in [0.2, 0.25) is 15.9 Å². The van der Waals surface area contributed by atoms with Gasteiger partial charge in [0.05, 0.1) is 4.90 Å². The summed E-state index contributed by atoms with van der Waals surface area (Å²) in [7, 11) is -2.18. The van der Waals surface area contributed by atoms with Crippen molar-refractivity contribution in [2.24, 2.45) is 0 Å². The molecule has 1 heterocycles. The van der Waals surface area contributed by atoms with Crippen LogP contribution in [0.25, 0.3) is 11.3 Å². The number of nitrogens with one attached hydrogen (secondary N) is 1. The van der Waals surface area contributed by atoms with Gasteiger partial charge in [-0.15, -0.1) is 0 Å². The Kier molecular flexibility index (Phi) is 6.38. The fraction of sp³-hybridized carbons (Fsp3) is 0.273. The Labute approximate surface area is 176 Å². The van der Waals surface area contributed by atoms with Gasteiger partial charge in [-0.05, 0) is 44.0 Å². The third kappa shape index (κ3) is 4.60. The van der Waals surface area contributed by atoms with E-state index in [4.69, 9.17) is 4.52 Å². The highest BCUT2D eigenvalue weighted by atomic mass is 32.2. The van der Waals surface area contributed by atoms with Crippen molar-refractivity contribution < 1.29 is 17.7 Å².